The van der Waals surface area contributed by atoms with Crippen molar-refractivity contribution >= 4 is 5.69 Å². The van der Waals surface area contributed by atoms with E-state index in [0.29, 0.717) is 18.0 Å². The summed E-state index contributed by atoms with van der Waals surface area (Å²) in [4.78, 5) is 0. The van der Waals surface area contributed by atoms with Gasteiger partial charge in [0, 0.05) is 24.6 Å². The number of nitrogen functional groups attached to an aromatic ring is 1. The molecule has 0 radical (unpaired) electrons. The van der Waals surface area contributed by atoms with Gasteiger partial charge in [0.25, 0.3) is 0 Å². The van der Waals surface area contributed by atoms with Crippen LogP contribution in [0, 0.1) is 12.7 Å². The molecule has 116 valence electrons. The van der Waals surface area contributed by atoms with Crippen LogP contribution in [0.4, 0.5) is 10.1 Å². The molecule has 2 aliphatic rings. The Hall–Kier alpha value is -1.29. The first-order chi connectivity index (χ1) is 10.1. The van der Waals surface area contributed by atoms with E-state index in [4.69, 9.17) is 15.2 Å². The van der Waals surface area contributed by atoms with E-state index in [2.05, 4.69) is 0 Å². The molecule has 1 atom stereocenters. The van der Waals surface area contributed by atoms with Gasteiger partial charge in [-0.1, -0.05) is 19.3 Å². The third-order valence-corrected chi connectivity index (χ3v) is 4.83. The summed E-state index contributed by atoms with van der Waals surface area (Å²) in [5.41, 5.74) is 7.01. The number of halogens is 1. The first-order valence-corrected chi connectivity index (χ1v) is 7.94. The van der Waals surface area contributed by atoms with E-state index in [1.54, 1.807) is 6.07 Å². The zero-order valence-electron chi connectivity index (χ0n) is 12.7. The van der Waals surface area contributed by atoms with Crippen molar-refractivity contribution < 1.29 is 13.9 Å². The molecule has 4 heteroatoms. The Balaban J connectivity index is 1.71. The van der Waals surface area contributed by atoms with Crippen molar-refractivity contribution in [1.29, 1.82) is 0 Å². The molecule has 0 bridgehead atoms. The van der Waals surface area contributed by atoms with E-state index in [1.165, 1.54) is 25.3 Å². The average molecular weight is 293 g/mol. The Bertz CT molecular complexity index is 506. The van der Waals surface area contributed by atoms with Crippen LogP contribution in [-0.4, -0.2) is 18.3 Å². The molecule has 1 spiro atoms. The Morgan fingerprint density at radius 1 is 1.29 bits per heavy atom. The third kappa shape index (κ3) is 3.15. The van der Waals surface area contributed by atoms with Crippen LogP contribution in [0.25, 0.3) is 0 Å². The van der Waals surface area contributed by atoms with Crippen LogP contribution >= 0.6 is 0 Å². The van der Waals surface area contributed by atoms with Crippen molar-refractivity contribution in [3.63, 3.8) is 0 Å². The molecule has 2 fully saturated rings. The van der Waals surface area contributed by atoms with Gasteiger partial charge in [0.2, 0.25) is 0 Å². The highest BCUT2D eigenvalue weighted by atomic mass is 19.1. The summed E-state index contributed by atoms with van der Waals surface area (Å²) < 4.78 is 26.0. The number of nitrogens with two attached hydrogens (primary N) is 1. The van der Waals surface area contributed by atoms with Crippen molar-refractivity contribution in [2.75, 3.05) is 12.3 Å². The number of rotatable bonds is 2. The summed E-state index contributed by atoms with van der Waals surface area (Å²) in [7, 11) is 0. The van der Waals surface area contributed by atoms with E-state index >= 15 is 0 Å². The lowest BCUT2D eigenvalue weighted by atomic mass is 9.79. The van der Waals surface area contributed by atoms with Gasteiger partial charge in [0.05, 0.1) is 12.2 Å². The zero-order valence-corrected chi connectivity index (χ0v) is 12.7. The summed E-state index contributed by atoms with van der Waals surface area (Å²) in [6.07, 6.45) is 7.69. The Morgan fingerprint density at radius 3 is 2.81 bits per heavy atom. The van der Waals surface area contributed by atoms with Gasteiger partial charge in [-0.15, -0.1) is 0 Å². The lowest BCUT2D eigenvalue weighted by molar-refractivity contribution is -0.130. The van der Waals surface area contributed by atoms with E-state index in [1.807, 2.05) is 6.92 Å². The van der Waals surface area contributed by atoms with Gasteiger partial charge in [-0.05, 0) is 31.4 Å². The van der Waals surface area contributed by atoms with Crippen molar-refractivity contribution in [2.45, 2.75) is 63.6 Å². The minimum atomic E-state index is -0.373. The van der Waals surface area contributed by atoms with Crippen LogP contribution in [0.2, 0.25) is 0 Å². The molecule has 2 N–H and O–H groups in total. The SMILES string of the molecule is Cc1cc(OC2CCOC3(CCCCC3)C2)c(F)cc1N. The zero-order chi connectivity index (χ0) is 14.9. The first-order valence-electron chi connectivity index (χ1n) is 7.94. The fourth-order valence-electron chi connectivity index (χ4n) is 3.57. The van der Waals surface area contributed by atoms with Gasteiger partial charge < -0.3 is 15.2 Å². The number of ether oxygens (including phenoxy) is 2. The number of hydrogen-bond donors (Lipinski definition) is 1. The van der Waals surface area contributed by atoms with Crippen molar-refractivity contribution in [1.82, 2.24) is 0 Å². The van der Waals surface area contributed by atoms with Crippen LogP contribution in [0.3, 0.4) is 0 Å². The summed E-state index contributed by atoms with van der Waals surface area (Å²) in [5, 5.41) is 0. The molecular weight excluding hydrogens is 269 g/mol. The molecule has 3 rings (SSSR count). The summed E-state index contributed by atoms with van der Waals surface area (Å²) in [6.45, 7) is 2.58. The normalized spacial score (nSPS) is 25.0. The molecule has 0 aromatic heterocycles. The number of benzene rings is 1. The largest absolute Gasteiger partial charge is 0.487 e. The van der Waals surface area contributed by atoms with Gasteiger partial charge in [-0.2, -0.15) is 0 Å². The molecule has 1 saturated carbocycles. The number of aryl methyl sites for hydroxylation is 1. The van der Waals surface area contributed by atoms with Gasteiger partial charge in [-0.25, -0.2) is 4.39 Å². The molecule has 0 amide bonds. The minimum Gasteiger partial charge on any atom is -0.487 e. The molecule has 1 heterocycles. The van der Waals surface area contributed by atoms with Crippen molar-refractivity contribution in [2.24, 2.45) is 0 Å². The standard InChI is InChI=1S/C17H24FNO2/c1-12-9-16(14(18)10-15(12)19)21-13-5-8-20-17(11-13)6-3-2-4-7-17/h9-10,13H,2-8,11,19H2,1H3. The lowest BCUT2D eigenvalue weighted by Crippen LogP contribution is -2.45. The molecule has 1 unspecified atom stereocenters. The number of anilines is 1. The van der Waals surface area contributed by atoms with Gasteiger partial charge in [-0.3, -0.25) is 0 Å². The van der Waals surface area contributed by atoms with Gasteiger partial charge in [0.15, 0.2) is 11.6 Å². The minimum absolute atomic E-state index is 0.0273. The summed E-state index contributed by atoms with van der Waals surface area (Å²) >= 11 is 0. The van der Waals surface area contributed by atoms with Crippen molar-refractivity contribution in [3.8, 4) is 5.75 Å². The second-order valence-corrected chi connectivity index (χ2v) is 6.46. The second-order valence-electron chi connectivity index (χ2n) is 6.46. The lowest BCUT2D eigenvalue weighted by Gasteiger charge is -2.43. The second kappa shape index (κ2) is 5.84. The molecular formula is C17H24FNO2. The van der Waals surface area contributed by atoms with Crippen LogP contribution in [0.15, 0.2) is 12.1 Å². The Labute approximate surface area is 125 Å². The predicted octanol–water partition coefficient (Wildman–Crippen LogP) is 3.98. The molecule has 1 aromatic carbocycles. The highest BCUT2D eigenvalue weighted by Crippen LogP contribution is 2.40. The maximum Gasteiger partial charge on any atom is 0.167 e. The quantitative estimate of drug-likeness (QED) is 0.839. The number of hydrogen-bond acceptors (Lipinski definition) is 3. The monoisotopic (exact) mass is 293 g/mol. The van der Waals surface area contributed by atoms with E-state index in [9.17, 15) is 4.39 Å². The summed E-state index contributed by atoms with van der Waals surface area (Å²) in [6, 6.07) is 3.05. The smallest absolute Gasteiger partial charge is 0.167 e. The average Bonchev–Trinajstić information content (AvgIpc) is 2.46. The first kappa shape index (κ1) is 14.6. The molecule has 1 aliphatic heterocycles. The third-order valence-electron chi connectivity index (χ3n) is 4.83. The van der Waals surface area contributed by atoms with Crippen LogP contribution in [0.5, 0.6) is 5.75 Å². The molecule has 1 saturated heterocycles. The highest BCUT2D eigenvalue weighted by molar-refractivity contribution is 5.50. The van der Waals surface area contributed by atoms with E-state index < -0.39 is 0 Å². The fourth-order valence-corrected chi connectivity index (χ4v) is 3.57. The molecule has 1 aromatic rings. The van der Waals surface area contributed by atoms with E-state index in [-0.39, 0.29) is 17.5 Å². The molecule has 3 nitrogen and oxygen atoms in total. The predicted molar refractivity (Wildman–Crippen MR) is 81.0 cm³/mol. The Morgan fingerprint density at radius 2 is 2.05 bits per heavy atom. The van der Waals surface area contributed by atoms with Crippen LogP contribution in [-0.2, 0) is 4.74 Å². The van der Waals surface area contributed by atoms with E-state index in [0.717, 1.165) is 31.2 Å². The Kier molecular flexibility index (Phi) is 4.07. The van der Waals surface area contributed by atoms with Crippen molar-refractivity contribution in [3.05, 3.63) is 23.5 Å². The topological polar surface area (TPSA) is 44.5 Å². The van der Waals surface area contributed by atoms with Gasteiger partial charge >= 0.3 is 0 Å². The maximum absolute atomic E-state index is 14.0. The molecule has 21 heavy (non-hydrogen) atoms. The maximum atomic E-state index is 14.0. The van der Waals surface area contributed by atoms with Gasteiger partial charge in [0.1, 0.15) is 6.10 Å². The van der Waals surface area contributed by atoms with Crippen LogP contribution < -0.4 is 10.5 Å². The fraction of sp³-hybridized carbons (Fsp3) is 0.647. The highest BCUT2D eigenvalue weighted by Gasteiger charge is 2.39. The van der Waals surface area contributed by atoms with Crippen LogP contribution in [0.1, 0.15) is 50.5 Å². The summed E-state index contributed by atoms with van der Waals surface area (Å²) in [5.74, 6) is -0.0538. The molecule has 1 aliphatic carbocycles.